The molecule has 1 unspecified atom stereocenters. The Balaban J connectivity index is 1.40. The maximum atomic E-state index is 10.3. The number of ether oxygens (including phenoxy) is 1. The number of hydrogen-bond donors (Lipinski definition) is 2. The fourth-order valence-corrected chi connectivity index (χ4v) is 3.61. The Hall–Kier alpha value is -1.55. The molecule has 23 heavy (non-hydrogen) atoms. The number of aliphatic imine (C=N–C) groups is 1. The number of methoxy groups -OCH3 is 1. The highest BCUT2D eigenvalue weighted by Crippen LogP contribution is 2.55. The summed E-state index contributed by atoms with van der Waals surface area (Å²) >= 11 is 0. The van der Waals surface area contributed by atoms with Gasteiger partial charge < -0.3 is 15.2 Å². The number of nitrogens with zero attached hydrogens (tertiary/aromatic N) is 1. The molecular weight excluding hydrogens is 288 g/mol. The first-order valence-corrected chi connectivity index (χ1v) is 8.88. The molecule has 4 heteroatoms. The number of anilines is 1. The van der Waals surface area contributed by atoms with Crippen LogP contribution in [0.3, 0.4) is 0 Å². The lowest BCUT2D eigenvalue weighted by Crippen LogP contribution is -2.32. The SMILES string of the molecule is COc1ccc2c(c1)NC(O)C(CCC1(CCC3CC3)CC1)=N2. The van der Waals surface area contributed by atoms with Gasteiger partial charge in [-0.2, -0.15) is 0 Å². The molecule has 2 saturated carbocycles. The summed E-state index contributed by atoms with van der Waals surface area (Å²) in [6, 6.07) is 5.75. The lowest BCUT2D eigenvalue weighted by molar-refractivity contribution is 0.264. The highest BCUT2D eigenvalue weighted by molar-refractivity contribution is 5.97. The van der Waals surface area contributed by atoms with E-state index in [0.717, 1.165) is 35.2 Å². The average molecular weight is 314 g/mol. The number of aliphatic hydroxyl groups excluding tert-OH is 1. The van der Waals surface area contributed by atoms with E-state index < -0.39 is 6.23 Å². The van der Waals surface area contributed by atoms with Crippen molar-refractivity contribution in [3.8, 4) is 5.75 Å². The van der Waals surface area contributed by atoms with Gasteiger partial charge in [-0.05, 0) is 62.0 Å². The zero-order valence-electron chi connectivity index (χ0n) is 13.8. The summed E-state index contributed by atoms with van der Waals surface area (Å²) in [4.78, 5) is 4.69. The van der Waals surface area contributed by atoms with E-state index in [1.807, 2.05) is 18.2 Å². The molecule has 1 aromatic rings. The summed E-state index contributed by atoms with van der Waals surface area (Å²) in [5.74, 6) is 1.80. The number of benzene rings is 1. The van der Waals surface area contributed by atoms with Gasteiger partial charge in [-0.1, -0.05) is 12.8 Å². The maximum Gasteiger partial charge on any atom is 0.164 e. The van der Waals surface area contributed by atoms with Crippen LogP contribution in [-0.2, 0) is 0 Å². The molecule has 0 aromatic heterocycles. The second kappa shape index (κ2) is 5.82. The summed E-state index contributed by atoms with van der Waals surface area (Å²) in [5.41, 5.74) is 3.18. The van der Waals surface area contributed by atoms with Crippen LogP contribution >= 0.6 is 0 Å². The third kappa shape index (κ3) is 3.37. The molecule has 1 atom stereocenters. The van der Waals surface area contributed by atoms with Crippen molar-refractivity contribution in [3.63, 3.8) is 0 Å². The number of nitrogens with one attached hydrogen (secondary N) is 1. The zero-order valence-corrected chi connectivity index (χ0v) is 13.8. The maximum absolute atomic E-state index is 10.3. The minimum absolute atomic E-state index is 0.561. The Morgan fingerprint density at radius 2 is 2.13 bits per heavy atom. The molecule has 0 spiro atoms. The van der Waals surface area contributed by atoms with Crippen LogP contribution in [0.25, 0.3) is 0 Å². The monoisotopic (exact) mass is 314 g/mol. The molecular formula is C19H26N2O2. The second-order valence-corrected chi connectivity index (χ2v) is 7.52. The largest absolute Gasteiger partial charge is 0.497 e. The van der Waals surface area contributed by atoms with Crippen molar-refractivity contribution >= 4 is 17.1 Å². The van der Waals surface area contributed by atoms with Crippen LogP contribution in [0.1, 0.15) is 51.4 Å². The van der Waals surface area contributed by atoms with E-state index in [9.17, 15) is 5.11 Å². The number of hydrogen-bond acceptors (Lipinski definition) is 4. The molecule has 4 nitrogen and oxygen atoms in total. The van der Waals surface area contributed by atoms with Gasteiger partial charge in [0.15, 0.2) is 6.23 Å². The first-order valence-electron chi connectivity index (χ1n) is 8.88. The van der Waals surface area contributed by atoms with Crippen molar-refractivity contribution < 1.29 is 9.84 Å². The van der Waals surface area contributed by atoms with Crippen LogP contribution in [0.2, 0.25) is 0 Å². The van der Waals surface area contributed by atoms with Crippen molar-refractivity contribution in [3.05, 3.63) is 18.2 Å². The van der Waals surface area contributed by atoms with Gasteiger partial charge in [-0.25, -0.2) is 0 Å². The van der Waals surface area contributed by atoms with E-state index in [1.54, 1.807) is 7.11 Å². The second-order valence-electron chi connectivity index (χ2n) is 7.52. The minimum Gasteiger partial charge on any atom is -0.497 e. The highest BCUT2D eigenvalue weighted by atomic mass is 16.5. The number of aliphatic hydroxyl groups is 1. The summed E-state index contributed by atoms with van der Waals surface area (Å²) in [6.07, 6.45) is 9.81. The lowest BCUT2D eigenvalue weighted by Gasteiger charge is -2.25. The molecule has 0 amide bonds. The fourth-order valence-electron chi connectivity index (χ4n) is 3.61. The van der Waals surface area contributed by atoms with Gasteiger partial charge in [0.1, 0.15) is 5.75 Å². The molecule has 1 aromatic carbocycles. The molecule has 0 radical (unpaired) electrons. The molecule has 2 N–H and O–H groups in total. The first-order chi connectivity index (χ1) is 11.2. The Morgan fingerprint density at radius 1 is 1.30 bits per heavy atom. The Bertz CT molecular complexity index is 618. The van der Waals surface area contributed by atoms with Gasteiger partial charge >= 0.3 is 0 Å². The minimum atomic E-state index is -0.672. The van der Waals surface area contributed by atoms with E-state index >= 15 is 0 Å². The molecule has 1 aliphatic heterocycles. The van der Waals surface area contributed by atoms with E-state index in [-0.39, 0.29) is 0 Å². The predicted molar refractivity (Wildman–Crippen MR) is 92.6 cm³/mol. The highest BCUT2D eigenvalue weighted by Gasteiger charge is 2.43. The Kier molecular flexibility index (Phi) is 3.80. The molecule has 2 aliphatic carbocycles. The molecule has 4 rings (SSSR count). The molecule has 0 saturated heterocycles. The van der Waals surface area contributed by atoms with E-state index in [2.05, 4.69) is 10.3 Å². The standard InChI is InChI=1S/C19H26N2O2/c1-23-14-4-5-15-17(12-14)21-18(22)16(20-15)7-9-19(10-11-19)8-6-13-2-3-13/h4-5,12-13,18,21-22H,2-3,6-11H2,1H3. The van der Waals surface area contributed by atoms with Crippen LogP contribution in [-0.4, -0.2) is 24.2 Å². The van der Waals surface area contributed by atoms with Gasteiger partial charge in [0.25, 0.3) is 0 Å². The first kappa shape index (κ1) is 15.0. The zero-order chi connectivity index (χ0) is 15.9. The molecule has 3 aliphatic rings. The lowest BCUT2D eigenvalue weighted by atomic mass is 9.91. The van der Waals surface area contributed by atoms with E-state index in [4.69, 9.17) is 4.74 Å². The summed E-state index contributed by atoms with van der Waals surface area (Å²) in [7, 11) is 1.65. The van der Waals surface area contributed by atoms with Gasteiger partial charge in [-0.15, -0.1) is 0 Å². The normalized spacial score (nSPS) is 24.4. The predicted octanol–water partition coefficient (Wildman–Crippen LogP) is 4.26. The van der Waals surface area contributed by atoms with Crippen molar-refractivity contribution in [1.82, 2.24) is 0 Å². The summed E-state index contributed by atoms with van der Waals surface area (Å²) in [5, 5.41) is 13.5. The fraction of sp³-hybridized carbons (Fsp3) is 0.632. The average Bonchev–Trinajstić information content (AvgIpc) is 3.46. The summed E-state index contributed by atoms with van der Waals surface area (Å²) < 4.78 is 5.22. The topological polar surface area (TPSA) is 53.8 Å². The van der Waals surface area contributed by atoms with Crippen molar-refractivity contribution in [1.29, 1.82) is 0 Å². The van der Waals surface area contributed by atoms with Crippen molar-refractivity contribution in [2.45, 2.75) is 57.6 Å². The Labute approximate surface area is 138 Å². The van der Waals surface area contributed by atoms with Crippen molar-refractivity contribution in [2.75, 3.05) is 12.4 Å². The van der Waals surface area contributed by atoms with Gasteiger partial charge in [0.05, 0.1) is 24.2 Å². The quantitative estimate of drug-likeness (QED) is 0.790. The van der Waals surface area contributed by atoms with Crippen LogP contribution in [0, 0.1) is 11.3 Å². The molecule has 124 valence electrons. The van der Waals surface area contributed by atoms with Gasteiger partial charge in [-0.3, -0.25) is 4.99 Å². The van der Waals surface area contributed by atoms with Gasteiger partial charge in [0, 0.05) is 6.07 Å². The molecule has 1 heterocycles. The number of fused-ring (bicyclic) bond motifs is 1. The van der Waals surface area contributed by atoms with Crippen molar-refractivity contribution in [2.24, 2.45) is 16.3 Å². The summed E-state index contributed by atoms with van der Waals surface area (Å²) in [6.45, 7) is 0. The van der Waals surface area contributed by atoms with Crippen LogP contribution < -0.4 is 10.1 Å². The third-order valence-corrected chi connectivity index (χ3v) is 5.72. The van der Waals surface area contributed by atoms with Crippen LogP contribution in [0.4, 0.5) is 11.4 Å². The van der Waals surface area contributed by atoms with Gasteiger partial charge in [0.2, 0.25) is 0 Å². The molecule has 2 fully saturated rings. The van der Waals surface area contributed by atoms with E-state index in [0.29, 0.717) is 5.41 Å². The number of rotatable bonds is 7. The van der Waals surface area contributed by atoms with E-state index in [1.165, 1.54) is 44.9 Å². The smallest absolute Gasteiger partial charge is 0.164 e. The van der Waals surface area contributed by atoms with Crippen LogP contribution in [0.15, 0.2) is 23.2 Å². The molecule has 0 bridgehead atoms. The Morgan fingerprint density at radius 3 is 2.83 bits per heavy atom. The van der Waals surface area contributed by atoms with Crippen LogP contribution in [0.5, 0.6) is 5.75 Å². The third-order valence-electron chi connectivity index (χ3n) is 5.72.